The molecule has 9 nitrogen and oxygen atoms in total. The third kappa shape index (κ3) is 7.89. The van der Waals surface area contributed by atoms with Crippen LogP contribution in [0.1, 0.15) is 70.6 Å². The third-order valence-corrected chi connectivity index (χ3v) is 7.96. The van der Waals surface area contributed by atoms with E-state index in [1.807, 2.05) is 32.1 Å². The molecule has 3 N–H and O–H groups in total. The average Bonchev–Trinajstić information content (AvgIpc) is 3.42. The van der Waals surface area contributed by atoms with Crippen LogP contribution < -0.4 is 10.2 Å². The number of rotatable bonds is 14. The Kier molecular flexibility index (Phi) is 10.9. The number of ketones is 1. The van der Waals surface area contributed by atoms with Gasteiger partial charge >= 0.3 is 5.97 Å². The van der Waals surface area contributed by atoms with Gasteiger partial charge < -0.3 is 28.9 Å². The van der Waals surface area contributed by atoms with E-state index in [2.05, 4.69) is 0 Å². The molecule has 2 aromatic carbocycles. The van der Waals surface area contributed by atoms with Crippen molar-refractivity contribution >= 4 is 34.5 Å². The number of phenols is 1. The Hall–Kier alpha value is -4.54. The fraction of sp³-hybridized carbons (Fsp3) is 0.265. The molecule has 0 saturated heterocycles. The highest BCUT2D eigenvalue weighted by Crippen LogP contribution is 2.36. The van der Waals surface area contributed by atoms with Gasteiger partial charge in [0.1, 0.15) is 28.9 Å². The molecule has 0 bridgehead atoms. The summed E-state index contributed by atoms with van der Waals surface area (Å²) in [6.45, 7) is 5.62. The maximum absolute atomic E-state index is 12.3. The van der Waals surface area contributed by atoms with Gasteiger partial charge in [0.15, 0.2) is 11.2 Å². The number of phenolic OH excluding ortho intramolecular Hbond substituents is 1. The summed E-state index contributed by atoms with van der Waals surface area (Å²) in [7, 11) is 0. The minimum Gasteiger partial charge on any atom is -0.507 e. The van der Waals surface area contributed by atoms with Crippen LogP contribution in [0.15, 0.2) is 91.6 Å². The van der Waals surface area contributed by atoms with Gasteiger partial charge in [-0.15, -0.1) is 11.8 Å². The van der Waals surface area contributed by atoms with Crippen LogP contribution in [0.25, 0.3) is 11.0 Å². The van der Waals surface area contributed by atoms with Crippen LogP contribution in [0.4, 0.5) is 0 Å². The Balaban J connectivity index is 1.46. The summed E-state index contributed by atoms with van der Waals surface area (Å²) in [4.78, 5) is 36.1. The minimum absolute atomic E-state index is 0.0277. The Bertz CT molecular complexity index is 1760. The number of hydrogen-bond acceptors (Lipinski definition) is 9. The van der Waals surface area contributed by atoms with Crippen molar-refractivity contribution in [3.8, 4) is 11.5 Å². The van der Waals surface area contributed by atoms with Crippen molar-refractivity contribution in [2.45, 2.75) is 56.3 Å². The minimum atomic E-state index is -1.34. The lowest BCUT2D eigenvalue weighted by atomic mass is 10.0. The fourth-order valence-corrected chi connectivity index (χ4v) is 5.63. The Morgan fingerprint density at radius 1 is 1.11 bits per heavy atom. The molecule has 0 spiro atoms. The maximum Gasteiger partial charge on any atom is 0.371 e. The molecule has 4 aromatic rings. The van der Waals surface area contributed by atoms with E-state index in [0.717, 1.165) is 18.1 Å². The number of carbonyl (C=O) groups excluding carboxylic acids is 1. The molecule has 0 aliphatic carbocycles. The van der Waals surface area contributed by atoms with Crippen LogP contribution in [-0.4, -0.2) is 38.9 Å². The first kappa shape index (κ1) is 32.4. The van der Waals surface area contributed by atoms with Crippen LogP contribution >= 0.6 is 11.8 Å². The molecule has 0 unspecified atom stereocenters. The van der Waals surface area contributed by atoms with E-state index in [4.69, 9.17) is 13.6 Å². The van der Waals surface area contributed by atoms with Crippen molar-refractivity contribution in [2.75, 3.05) is 6.61 Å². The van der Waals surface area contributed by atoms with Crippen LogP contribution in [0.5, 0.6) is 11.5 Å². The van der Waals surface area contributed by atoms with Gasteiger partial charge in [-0.2, -0.15) is 0 Å². The van der Waals surface area contributed by atoms with Gasteiger partial charge in [0.05, 0.1) is 29.1 Å². The topological polar surface area (TPSA) is 147 Å². The highest BCUT2D eigenvalue weighted by atomic mass is 32.2. The zero-order valence-corrected chi connectivity index (χ0v) is 25.4. The van der Waals surface area contributed by atoms with Crippen molar-refractivity contribution in [2.24, 2.45) is 0 Å². The Morgan fingerprint density at radius 3 is 2.59 bits per heavy atom. The van der Waals surface area contributed by atoms with Gasteiger partial charge in [0, 0.05) is 16.5 Å². The molecule has 0 radical (unpaired) electrons. The first-order chi connectivity index (χ1) is 21.1. The molecule has 0 aliphatic rings. The SMILES string of the molecule is CCCc1c(OCCC=CC=C[C@H](Sc2ccc3c(=O)cc(C(=O)O)oc3c2)[C@H](O)c2cc(C)co2)ccc(C(C)=O)c1O. The van der Waals surface area contributed by atoms with Gasteiger partial charge in [-0.05, 0) is 68.7 Å². The molecule has 2 atom stereocenters. The largest absolute Gasteiger partial charge is 0.507 e. The normalized spacial score (nSPS) is 13.1. The number of carboxylic acid groups (broad SMARTS) is 1. The highest BCUT2D eigenvalue weighted by molar-refractivity contribution is 8.00. The second-order valence-electron chi connectivity index (χ2n) is 10.2. The monoisotopic (exact) mass is 618 g/mol. The highest BCUT2D eigenvalue weighted by Gasteiger charge is 2.23. The maximum atomic E-state index is 12.3. The Labute approximate surface area is 258 Å². The number of aromatic hydroxyl groups is 1. The van der Waals surface area contributed by atoms with Gasteiger partial charge in [-0.3, -0.25) is 9.59 Å². The number of fused-ring (bicyclic) bond motifs is 1. The number of allylic oxidation sites excluding steroid dienone is 2. The van der Waals surface area contributed by atoms with Gasteiger partial charge in [-0.25, -0.2) is 4.79 Å². The summed E-state index contributed by atoms with van der Waals surface area (Å²) in [5.74, 6) is -1.08. The molecule has 10 heteroatoms. The van der Waals surface area contributed by atoms with Crippen LogP contribution in [0, 0.1) is 6.92 Å². The molecule has 44 heavy (non-hydrogen) atoms. The van der Waals surface area contributed by atoms with Crippen LogP contribution in [0.2, 0.25) is 0 Å². The molecular formula is C34H34O9S. The number of Topliss-reactive ketones (excluding diaryl/α,β-unsaturated/α-hetero) is 1. The van der Waals surface area contributed by atoms with E-state index in [1.165, 1.54) is 18.7 Å². The number of carbonyl (C=O) groups is 2. The Morgan fingerprint density at radius 2 is 1.91 bits per heavy atom. The van der Waals surface area contributed by atoms with Crippen LogP contribution in [0.3, 0.4) is 0 Å². The van der Waals surface area contributed by atoms with E-state index in [-0.39, 0.29) is 28.1 Å². The third-order valence-electron chi connectivity index (χ3n) is 6.75. The van der Waals surface area contributed by atoms with Crippen molar-refractivity contribution in [3.63, 3.8) is 0 Å². The first-order valence-electron chi connectivity index (χ1n) is 14.1. The molecule has 230 valence electrons. The van der Waals surface area contributed by atoms with E-state index in [1.54, 1.807) is 48.7 Å². The smallest absolute Gasteiger partial charge is 0.371 e. The zero-order chi connectivity index (χ0) is 31.8. The predicted octanol–water partition coefficient (Wildman–Crippen LogP) is 7.03. The van der Waals surface area contributed by atoms with Crippen molar-refractivity contribution in [1.29, 1.82) is 0 Å². The number of benzene rings is 2. The van der Waals surface area contributed by atoms with Crippen molar-refractivity contribution in [1.82, 2.24) is 0 Å². The molecule has 2 heterocycles. The van der Waals surface area contributed by atoms with Gasteiger partial charge in [0.25, 0.3) is 0 Å². The molecule has 0 saturated carbocycles. The number of aryl methyl sites for hydroxylation is 1. The molecule has 0 amide bonds. The summed E-state index contributed by atoms with van der Waals surface area (Å²) in [6.07, 6.45) is 9.85. The summed E-state index contributed by atoms with van der Waals surface area (Å²) in [6, 6.07) is 10.8. The summed E-state index contributed by atoms with van der Waals surface area (Å²) in [5.41, 5.74) is 1.45. The molecule has 0 aliphatic heterocycles. The van der Waals surface area contributed by atoms with Crippen LogP contribution in [-0.2, 0) is 6.42 Å². The van der Waals surface area contributed by atoms with E-state index in [9.17, 15) is 29.7 Å². The lowest BCUT2D eigenvalue weighted by Gasteiger charge is -2.18. The molecule has 4 rings (SSSR count). The number of aliphatic hydroxyl groups is 1. The predicted molar refractivity (Wildman–Crippen MR) is 168 cm³/mol. The lowest BCUT2D eigenvalue weighted by Crippen LogP contribution is -2.12. The molecule has 2 aromatic heterocycles. The number of carboxylic acids is 1. The lowest BCUT2D eigenvalue weighted by molar-refractivity contribution is 0.0662. The quantitative estimate of drug-likeness (QED) is 0.0582. The average molecular weight is 619 g/mol. The van der Waals surface area contributed by atoms with E-state index >= 15 is 0 Å². The summed E-state index contributed by atoms with van der Waals surface area (Å²) >= 11 is 1.30. The van der Waals surface area contributed by atoms with Crippen molar-refractivity contribution < 1.29 is 38.5 Å². The number of aliphatic hydroxyl groups excluding tert-OH is 1. The fourth-order valence-electron chi connectivity index (χ4n) is 4.56. The van der Waals surface area contributed by atoms with E-state index in [0.29, 0.717) is 41.4 Å². The van der Waals surface area contributed by atoms with E-state index < -0.39 is 28.5 Å². The standard InChI is InChI=1S/C34H34O9S/c1-4-9-25-27(14-13-23(21(3)35)32(25)37)41-15-8-6-5-7-10-31(33(38)29-16-20(2)19-42-29)44-22-11-12-24-26(36)18-30(34(39)40)43-28(24)17-22/h5-7,10-14,16-19,31,33,37-38H,4,8-9,15H2,1-3H3,(H,39,40)/t31-,33+/m0/s1. The van der Waals surface area contributed by atoms with Gasteiger partial charge in [-0.1, -0.05) is 37.6 Å². The number of ether oxygens (including phenoxy) is 1. The second kappa shape index (κ2) is 14.8. The van der Waals surface area contributed by atoms with Gasteiger partial charge in [0.2, 0.25) is 5.76 Å². The number of aromatic carboxylic acids is 1. The first-order valence-corrected chi connectivity index (χ1v) is 15.0. The number of thioether (sulfide) groups is 1. The molecule has 0 fully saturated rings. The zero-order valence-electron chi connectivity index (χ0n) is 24.6. The number of hydrogen-bond donors (Lipinski definition) is 3. The second-order valence-corrected chi connectivity index (χ2v) is 11.4. The summed E-state index contributed by atoms with van der Waals surface area (Å²) in [5, 5.41) is 30.7. The van der Waals surface area contributed by atoms with Crippen molar-refractivity contribution in [3.05, 3.63) is 111 Å². The molecular weight excluding hydrogens is 584 g/mol. The summed E-state index contributed by atoms with van der Waals surface area (Å²) < 4.78 is 16.9. The number of furan rings is 1.